The number of hydrogen-bond acceptors (Lipinski definition) is 4. The van der Waals surface area contributed by atoms with Gasteiger partial charge in [0.25, 0.3) is 5.91 Å². The number of amides is 3. The Hall–Kier alpha value is -2.88. The summed E-state index contributed by atoms with van der Waals surface area (Å²) in [5.74, 6) is -1.32. The number of benzene rings is 1. The lowest BCUT2D eigenvalue weighted by molar-refractivity contribution is -0.147. The zero-order valence-corrected chi connectivity index (χ0v) is 13.8. The van der Waals surface area contributed by atoms with E-state index in [-0.39, 0.29) is 11.9 Å². The molecule has 1 aromatic rings. The Balaban J connectivity index is 1.92. The third-order valence-corrected chi connectivity index (χ3v) is 3.73. The molecule has 0 saturated carbocycles. The molecule has 1 N–H and O–H groups in total. The molecular weight excluding hydrogens is 308 g/mol. The summed E-state index contributed by atoms with van der Waals surface area (Å²) in [6.07, 6.45) is 0. The monoisotopic (exact) mass is 328 g/mol. The van der Waals surface area contributed by atoms with Crippen LogP contribution in [0.5, 0.6) is 0 Å². The largest absolute Gasteiger partial charge is 0.346 e. The van der Waals surface area contributed by atoms with Crippen LogP contribution in [0.4, 0.5) is 0 Å². The number of carbonyl (C=O) groups is 3. The fourth-order valence-corrected chi connectivity index (χ4v) is 2.45. The van der Waals surface area contributed by atoms with Gasteiger partial charge in [0.1, 0.15) is 0 Å². The molecule has 0 aromatic heterocycles. The highest BCUT2D eigenvalue weighted by Crippen LogP contribution is 2.10. The van der Waals surface area contributed by atoms with E-state index < -0.39 is 11.8 Å². The highest BCUT2D eigenvalue weighted by atomic mass is 16.2. The molecule has 24 heavy (non-hydrogen) atoms. The molecule has 1 aromatic carbocycles. The standard InChI is InChI=1S/C17H20N4O3/c1-12(2)19-15(22)17(24)21-9-7-20(8-10-21)16(23)14-5-3-13(11-18)4-6-14/h3-6,12H,7-10H2,1-2H3,(H,19,22). The second-order valence-corrected chi connectivity index (χ2v) is 5.90. The summed E-state index contributed by atoms with van der Waals surface area (Å²) in [5, 5.41) is 11.4. The Morgan fingerprint density at radius 3 is 2.08 bits per heavy atom. The summed E-state index contributed by atoms with van der Waals surface area (Å²) in [6.45, 7) is 4.98. The first kappa shape index (κ1) is 17.5. The van der Waals surface area contributed by atoms with E-state index >= 15 is 0 Å². The van der Waals surface area contributed by atoms with Gasteiger partial charge in [0.2, 0.25) is 0 Å². The number of nitrogens with zero attached hydrogens (tertiary/aromatic N) is 3. The Morgan fingerprint density at radius 2 is 1.58 bits per heavy atom. The minimum absolute atomic E-state index is 0.0966. The number of rotatable bonds is 2. The van der Waals surface area contributed by atoms with Gasteiger partial charge in [-0.25, -0.2) is 0 Å². The third kappa shape index (κ3) is 4.10. The molecule has 1 aliphatic rings. The van der Waals surface area contributed by atoms with Crippen molar-refractivity contribution in [1.82, 2.24) is 15.1 Å². The predicted molar refractivity (Wildman–Crippen MR) is 86.9 cm³/mol. The van der Waals surface area contributed by atoms with E-state index in [2.05, 4.69) is 5.32 Å². The van der Waals surface area contributed by atoms with Crippen LogP contribution in [-0.4, -0.2) is 59.7 Å². The molecule has 0 radical (unpaired) electrons. The molecule has 3 amide bonds. The summed E-state index contributed by atoms with van der Waals surface area (Å²) in [7, 11) is 0. The van der Waals surface area contributed by atoms with Crippen molar-refractivity contribution in [3.8, 4) is 6.07 Å². The van der Waals surface area contributed by atoms with E-state index in [1.54, 1.807) is 43.0 Å². The molecule has 1 saturated heterocycles. The highest BCUT2D eigenvalue weighted by Gasteiger charge is 2.28. The molecule has 1 aliphatic heterocycles. The first-order valence-electron chi connectivity index (χ1n) is 7.81. The van der Waals surface area contributed by atoms with E-state index in [0.717, 1.165) is 0 Å². The number of carbonyl (C=O) groups excluding carboxylic acids is 3. The maximum absolute atomic E-state index is 12.4. The fourth-order valence-electron chi connectivity index (χ4n) is 2.45. The lowest BCUT2D eigenvalue weighted by Crippen LogP contribution is -2.54. The molecule has 7 heteroatoms. The van der Waals surface area contributed by atoms with Crippen molar-refractivity contribution in [2.45, 2.75) is 19.9 Å². The molecule has 1 heterocycles. The summed E-state index contributed by atoms with van der Waals surface area (Å²) >= 11 is 0. The Bertz CT molecular complexity index is 668. The summed E-state index contributed by atoms with van der Waals surface area (Å²) < 4.78 is 0. The van der Waals surface area contributed by atoms with Gasteiger partial charge in [-0.15, -0.1) is 0 Å². The van der Waals surface area contributed by atoms with Gasteiger partial charge in [0.05, 0.1) is 11.6 Å². The average Bonchev–Trinajstić information content (AvgIpc) is 2.60. The van der Waals surface area contributed by atoms with Gasteiger partial charge in [0, 0.05) is 37.8 Å². The first-order chi connectivity index (χ1) is 11.4. The predicted octanol–water partition coefficient (Wildman–Crippen LogP) is 0.367. The Labute approximate surface area is 140 Å². The van der Waals surface area contributed by atoms with E-state index in [4.69, 9.17) is 5.26 Å². The van der Waals surface area contributed by atoms with Crippen LogP contribution in [0.3, 0.4) is 0 Å². The van der Waals surface area contributed by atoms with Crippen molar-refractivity contribution >= 4 is 17.7 Å². The minimum atomic E-state index is -0.614. The number of hydrogen-bond donors (Lipinski definition) is 1. The van der Waals surface area contributed by atoms with E-state index in [1.807, 2.05) is 6.07 Å². The second kappa shape index (κ2) is 7.59. The van der Waals surface area contributed by atoms with Crippen LogP contribution in [-0.2, 0) is 9.59 Å². The quantitative estimate of drug-likeness (QED) is 0.794. The SMILES string of the molecule is CC(C)NC(=O)C(=O)N1CCN(C(=O)c2ccc(C#N)cc2)CC1. The van der Waals surface area contributed by atoms with Gasteiger partial charge in [0.15, 0.2) is 0 Å². The van der Waals surface area contributed by atoms with Crippen molar-refractivity contribution in [2.24, 2.45) is 0 Å². The van der Waals surface area contributed by atoms with Crippen molar-refractivity contribution in [3.63, 3.8) is 0 Å². The lowest BCUT2D eigenvalue weighted by atomic mass is 10.1. The van der Waals surface area contributed by atoms with Crippen molar-refractivity contribution < 1.29 is 14.4 Å². The smallest absolute Gasteiger partial charge is 0.312 e. The van der Waals surface area contributed by atoms with Crippen LogP contribution in [0.15, 0.2) is 24.3 Å². The average molecular weight is 328 g/mol. The number of nitriles is 1. The van der Waals surface area contributed by atoms with Gasteiger partial charge < -0.3 is 15.1 Å². The molecular formula is C17H20N4O3. The van der Waals surface area contributed by atoms with Crippen LogP contribution < -0.4 is 5.32 Å². The van der Waals surface area contributed by atoms with E-state index in [9.17, 15) is 14.4 Å². The number of piperazine rings is 1. The van der Waals surface area contributed by atoms with E-state index in [0.29, 0.717) is 37.3 Å². The first-order valence-corrected chi connectivity index (χ1v) is 7.81. The van der Waals surface area contributed by atoms with Gasteiger partial charge >= 0.3 is 11.8 Å². The Morgan fingerprint density at radius 1 is 1.04 bits per heavy atom. The van der Waals surface area contributed by atoms with Crippen LogP contribution >= 0.6 is 0 Å². The van der Waals surface area contributed by atoms with Gasteiger partial charge in [-0.05, 0) is 38.1 Å². The molecule has 0 bridgehead atoms. The van der Waals surface area contributed by atoms with E-state index in [1.165, 1.54) is 4.90 Å². The Kier molecular flexibility index (Phi) is 5.53. The zero-order chi connectivity index (χ0) is 17.7. The molecule has 2 rings (SSSR count). The zero-order valence-electron chi connectivity index (χ0n) is 13.8. The lowest BCUT2D eigenvalue weighted by Gasteiger charge is -2.34. The fraction of sp³-hybridized carbons (Fsp3) is 0.412. The van der Waals surface area contributed by atoms with Gasteiger partial charge in [-0.2, -0.15) is 5.26 Å². The molecule has 0 unspecified atom stereocenters. The van der Waals surface area contributed by atoms with Gasteiger partial charge in [-0.3, -0.25) is 14.4 Å². The molecule has 7 nitrogen and oxygen atoms in total. The normalized spacial score (nSPS) is 14.2. The summed E-state index contributed by atoms with van der Waals surface area (Å²) in [4.78, 5) is 39.3. The maximum Gasteiger partial charge on any atom is 0.312 e. The van der Waals surface area contributed by atoms with Crippen LogP contribution in [0.2, 0.25) is 0 Å². The highest BCUT2D eigenvalue weighted by molar-refractivity contribution is 6.35. The molecule has 1 fully saturated rings. The van der Waals surface area contributed by atoms with Crippen LogP contribution in [0, 0.1) is 11.3 Å². The molecule has 0 atom stereocenters. The second-order valence-electron chi connectivity index (χ2n) is 5.90. The van der Waals surface area contributed by atoms with Crippen molar-refractivity contribution in [2.75, 3.05) is 26.2 Å². The number of nitrogens with one attached hydrogen (secondary N) is 1. The molecule has 126 valence electrons. The van der Waals surface area contributed by atoms with Gasteiger partial charge in [-0.1, -0.05) is 0 Å². The molecule has 0 aliphatic carbocycles. The van der Waals surface area contributed by atoms with Crippen LogP contribution in [0.25, 0.3) is 0 Å². The third-order valence-electron chi connectivity index (χ3n) is 3.73. The molecule has 0 spiro atoms. The van der Waals surface area contributed by atoms with Crippen molar-refractivity contribution in [3.05, 3.63) is 35.4 Å². The topological polar surface area (TPSA) is 93.5 Å². The maximum atomic E-state index is 12.4. The summed E-state index contributed by atoms with van der Waals surface area (Å²) in [5.41, 5.74) is 1.00. The van der Waals surface area contributed by atoms with Crippen LogP contribution in [0.1, 0.15) is 29.8 Å². The van der Waals surface area contributed by atoms with Crippen molar-refractivity contribution in [1.29, 1.82) is 5.26 Å². The minimum Gasteiger partial charge on any atom is -0.346 e. The summed E-state index contributed by atoms with van der Waals surface area (Å²) in [6, 6.07) is 8.35.